The second-order valence-electron chi connectivity index (χ2n) is 6.34. The van der Waals surface area contributed by atoms with Crippen LogP contribution in [0.3, 0.4) is 0 Å². The highest BCUT2D eigenvalue weighted by molar-refractivity contribution is 7.89. The maximum atomic E-state index is 11.4. The topological polar surface area (TPSA) is 130 Å². The van der Waals surface area contributed by atoms with Crippen molar-refractivity contribution in [1.82, 2.24) is 29.5 Å². The van der Waals surface area contributed by atoms with E-state index in [1.165, 1.54) is 12.4 Å². The normalized spacial score (nSPS) is 12.1. The summed E-state index contributed by atoms with van der Waals surface area (Å²) in [4.78, 5) is 21.9. The molecular formula is C17H17N7O2S. The van der Waals surface area contributed by atoms with E-state index in [1.807, 2.05) is 37.5 Å². The zero-order chi connectivity index (χ0) is 19.3. The Morgan fingerprint density at radius 2 is 1.74 bits per heavy atom. The second-order valence-corrected chi connectivity index (χ2v) is 7.90. The quantitative estimate of drug-likeness (QED) is 0.566. The summed E-state index contributed by atoms with van der Waals surface area (Å²) in [5, 5.41) is 5.99. The van der Waals surface area contributed by atoms with E-state index in [0.29, 0.717) is 18.0 Å². The van der Waals surface area contributed by atoms with Crippen LogP contribution in [0, 0.1) is 20.8 Å². The fraction of sp³-hybridized carbons (Fsp3) is 0.235. The van der Waals surface area contributed by atoms with Gasteiger partial charge in [0.15, 0.2) is 5.65 Å². The summed E-state index contributed by atoms with van der Waals surface area (Å²) < 4.78 is 24.7. The Balaban J connectivity index is 1.89. The molecule has 138 valence electrons. The van der Waals surface area contributed by atoms with E-state index in [-0.39, 0.29) is 4.90 Å². The largest absolute Gasteiger partial charge is 0.320 e. The van der Waals surface area contributed by atoms with Gasteiger partial charge in [0.2, 0.25) is 10.0 Å². The summed E-state index contributed by atoms with van der Waals surface area (Å²) in [5.41, 5.74) is 4.04. The summed E-state index contributed by atoms with van der Waals surface area (Å²) in [5.74, 6) is 1.23. The molecule has 10 heteroatoms. The van der Waals surface area contributed by atoms with Crippen molar-refractivity contribution in [3.8, 4) is 0 Å². The zero-order valence-electron chi connectivity index (χ0n) is 15.0. The molecule has 27 heavy (non-hydrogen) atoms. The molecule has 0 spiro atoms. The first-order valence-electron chi connectivity index (χ1n) is 8.18. The van der Waals surface area contributed by atoms with Crippen LogP contribution in [0.25, 0.3) is 22.1 Å². The van der Waals surface area contributed by atoms with Crippen LogP contribution in [0.5, 0.6) is 0 Å². The summed E-state index contributed by atoms with van der Waals surface area (Å²) in [6, 6.07) is 3.91. The molecule has 0 radical (unpaired) electrons. The molecule has 0 aromatic carbocycles. The summed E-state index contributed by atoms with van der Waals surface area (Å²) >= 11 is 0. The van der Waals surface area contributed by atoms with Crippen LogP contribution >= 0.6 is 0 Å². The van der Waals surface area contributed by atoms with Crippen LogP contribution in [0.1, 0.15) is 23.0 Å². The Morgan fingerprint density at radius 3 is 2.41 bits per heavy atom. The number of imidazole rings is 1. The van der Waals surface area contributed by atoms with Gasteiger partial charge >= 0.3 is 0 Å². The fourth-order valence-corrected chi connectivity index (χ4v) is 3.42. The minimum absolute atomic E-state index is 0.122. The van der Waals surface area contributed by atoms with E-state index in [2.05, 4.69) is 24.9 Å². The van der Waals surface area contributed by atoms with Crippen molar-refractivity contribution in [2.45, 2.75) is 32.2 Å². The van der Waals surface area contributed by atoms with Gasteiger partial charge in [-0.1, -0.05) is 0 Å². The van der Waals surface area contributed by atoms with Crippen molar-refractivity contribution in [3.63, 3.8) is 0 Å². The molecule has 2 N–H and O–H groups in total. The van der Waals surface area contributed by atoms with Crippen molar-refractivity contribution in [3.05, 3.63) is 47.6 Å². The number of rotatable bonds is 3. The van der Waals surface area contributed by atoms with Crippen LogP contribution in [-0.2, 0) is 16.6 Å². The molecular weight excluding hydrogens is 366 g/mol. The molecule has 0 fully saturated rings. The smallest absolute Gasteiger partial charge is 0.241 e. The van der Waals surface area contributed by atoms with Gasteiger partial charge in [0.05, 0.1) is 30.1 Å². The number of nitrogens with two attached hydrogens (primary N) is 1. The van der Waals surface area contributed by atoms with E-state index >= 15 is 0 Å². The first kappa shape index (κ1) is 17.4. The molecule has 0 amide bonds. The Kier molecular flexibility index (Phi) is 3.89. The number of sulfonamides is 1. The molecule has 0 aliphatic heterocycles. The van der Waals surface area contributed by atoms with Crippen molar-refractivity contribution in [2.24, 2.45) is 5.14 Å². The molecule has 4 heterocycles. The number of hydrogen-bond acceptors (Lipinski definition) is 7. The average Bonchev–Trinajstić information content (AvgIpc) is 2.92. The van der Waals surface area contributed by atoms with Crippen molar-refractivity contribution >= 4 is 32.1 Å². The lowest BCUT2D eigenvalue weighted by molar-refractivity contribution is 0.596. The predicted octanol–water partition coefficient (Wildman–Crippen LogP) is 1.39. The van der Waals surface area contributed by atoms with Crippen LogP contribution in [0.15, 0.2) is 29.4 Å². The van der Waals surface area contributed by atoms with Gasteiger partial charge in [0, 0.05) is 11.1 Å². The zero-order valence-corrected chi connectivity index (χ0v) is 15.8. The molecule has 0 saturated carbocycles. The highest BCUT2D eigenvalue weighted by Crippen LogP contribution is 2.27. The number of primary sulfonamides is 1. The van der Waals surface area contributed by atoms with E-state index < -0.39 is 10.0 Å². The second kappa shape index (κ2) is 6.03. The lowest BCUT2D eigenvalue weighted by atomic mass is 10.2. The minimum atomic E-state index is -3.82. The number of nitrogens with zero attached hydrogens (tertiary/aromatic N) is 6. The lowest BCUT2D eigenvalue weighted by Crippen LogP contribution is -2.14. The summed E-state index contributed by atoms with van der Waals surface area (Å²) in [6.45, 7) is 6.05. The van der Waals surface area contributed by atoms with Gasteiger partial charge in [0.25, 0.3) is 0 Å². The first-order valence-corrected chi connectivity index (χ1v) is 9.73. The highest BCUT2D eigenvalue weighted by Gasteiger charge is 2.17. The van der Waals surface area contributed by atoms with Crippen LogP contribution in [0.4, 0.5) is 0 Å². The van der Waals surface area contributed by atoms with Gasteiger partial charge in [-0.05, 0) is 32.9 Å². The van der Waals surface area contributed by atoms with E-state index in [9.17, 15) is 8.42 Å². The summed E-state index contributed by atoms with van der Waals surface area (Å²) in [6.07, 6.45) is 2.42. The van der Waals surface area contributed by atoms with Crippen LogP contribution in [-0.4, -0.2) is 37.9 Å². The van der Waals surface area contributed by atoms with E-state index in [1.54, 1.807) is 0 Å². The Labute approximate surface area is 155 Å². The van der Waals surface area contributed by atoms with Gasteiger partial charge in [-0.2, -0.15) is 0 Å². The molecule has 0 bridgehead atoms. The third kappa shape index (κ3) is 3.02. The fourth-order valence-electron chi connectivity index (χ4n) is 3.02. The van der Waals surface area contributed by atoms with Gasteiger partial charge in [-0.25, -0.2) is 38.5 Å². The number of aryl methyl sites for hydroxylation is 3. The number of hydrogen-bond donors (Lipinski definition) is 1. The molecule has 9 nitrogen and oxygen atoms in total. The van der Waals surface area contributed by atoms with E-state index in [0.717, 1.165) is 33.6 Å². The van der Waals surface area contributed by atoms with Crippen molar-refractivity contribution in [2.75, 3.05) is 0 Å². The molecule has 4 rings (SSSR count). The predicted molar refractivity (Wildman–Crippen MR) is 99.5 cm³/mol. The van der Waals surface area contributed by atoms with Gasteiger partial charge < -0.3 is 4.57 Å². The van der Waals surface area contributed by atoms with Crippen LogP contribution in [0.2, 0.25) is 0 Å². The van der Waals surface area contributed by atoms with Gasteiger partial charge in [0.1, 0.15) is 22.1 Å². The lowest BCUT2D eigenvalue weighted by Gasteiger charge is -2.09. The Morgan fingerprint density at radius 1 is 1.04 bits per heavy atom. The van der Waals surface area contributed by atoms with Gasteiger partial charge in [-0.3, -0.25) is 0 Å². The average molecular weight is 383 g/mol. The van der Waals surface area contributed by atoms with Crippen molar-refractivity contribution < 1.29 is 8.42 Å². The third-order valence-electron chi connectivity index (χ3n) is 4.35. The number of fused-ring (bicyclic) bond motifs is 3. The standard InChI is InChI=1S/C17H17N7O2S/c1-9-4-5-13-16-15(10(2)22-17(13)21-9)23-11(3)24(16)8-14-19-6-12(7-20-14)27(18,25)26/h4-7H,8H2,1-3H3,(H2,18,25,26). The molecule has 0 aliphatic rings. The Bertz CT molecular complexity index is 1290. The maximum absolute atomic E-state index is 11.4. The molecule has 4 aromatic rings. The molecule has 4 aromatic heterocycles. The number of aromatic nitrogens is 6. The van der Waals surface area contributed by atoms with Crippen molar-refractivity contribution in [1.29, 1.82) is 0 Å². The SMILES string of the molecule is Cc1ccc2c(n1)nc(C)c1nc(C)n(Cc3ncc(S(N)(=O)=O)cn3)c12. The highest BCUT2D eigenvalue weighted by atomic mass is 32.2. The molecule has 0 saturated heterocycles. The molecule has 0 atom stereocenters. The first-order chi connectivity index (χ1) is 12.7. The van der Waals surface area contributed by atoms with E-state index in [4.69, 9.17) is 5.14 Å². The Hall–Kier alpha value is -2.98. The van der Waals surface area contributed by atoms with Gasteiger partial charge in [-0.15, -0.1) is 0 Å². The maximum Gasteiger partial charge on any atom is 0.241 e. The summed E-state index contributed by atoms with van der Waals surface area (Å²) in [7, 11) is -3.82. The van der Waals surface area contributed by atoms with Crippen LogP contribution < -0.4 is 5.14 Å². The minimum Gasteiger partial charge on any atom is -0.320 e. The molecule has 0 aliphatic carbocycles. The third-order valence-corrected chi connectivity index (χ3v) is 5.22. The number of pyridine rings is 2. The molecule has 0 unspecified atom stereocenters. The monoisotopic (exact) mass is 383 g/mol.